The van der Waals surface area contributed by atoms with Crippen LogP contribution in [0.4, 0.5) is 25.1 Å². The van der Waals surface area contributed by atoms with Crippen molar-refractivity contribution >= 4 is 11.9 Å². The molecule has 0 bridgehead atoms. The van der Waals surface area contributed by atoms with Gasteiger partial charge in [0.2, 0.25) is 11.9 Å². The molecule has 3 N–H and O–H groups in total. The summed E-state index contributed by atoms with van der Waals surface area (Å²) in [5.74, 6) is -3.39. The van der Waals surface area contributed by atoms with Gasteiger partial charge in [-0.25, -0.2) is 13.2 Å². The van der Waals surface area contributed by atoms with Crippen LogP contribution < -0.4 is 11.1 Å². The lowest BCUT2D eigenvalue weighted by Gasteiger charge is -2.04. The molecular formula is C10H10F3N5. The lowest BCUT2D eigenvalue weighted by molar-refractivity contribution is 0.491. The largest absolute Gasteiger partial charge is 0.368 e. The van der Waals surface area contributed by atoms with E-state index in [0.717, 1.165) is 4.68 Å². The smallest absolute Gasteiger partial charge is 0.244 e. The molecule has 2 aromatic rings. The molecule has 0 atom stereocenters. The van der Waals surface area contributed by atoms with Gasteiger partial charge in [-0.05, 0) is 6.92 Å². The number of hydrogen-bond donors (Lipinski definition) is 2. The maximum absolute atomic E-state index is 13.5. The van der Waals surface area contributed by atoms with E-state index in [1.807, 2.05) is 6.92 Å². The van der Waals surface area contributed by atoms with E-state index in [4.69, 9.17) is 5.73 Å². The van der Waals surface area contributed by atoms with Gasteiger partial charge in [0, 0.05) is 18.7 Å². The zero-order valence-corrected chi connectivity index (χ0v) is 9.41. The Morgan fingerprint density at radius 2 is 1.89 bits per heavy atom. The van der Waals surface area contributed by atoms with Crippen molar-refractivity contribution in [2.45, 2.75) is 6.92 Å². The number of nitrogens with two attached hydrogens (primary N) is 1. The summed E-state index contributed by atoms with van der Waals surface area (Å²) in [5, 5.41) is 6.61. The molecule has 0 aliphatic heterocycles. The van der Waals surface area contributed by atoms with E-state index < -0.39 is 17.5 Å². The number of nitrogen functional groups attached to an aromatic ring is 1. The van der Waals surface area contributed by atoms with Crippen LogP contribution in [0.3, 0.4) is 0 Å². The Balaban J connectivity index is 2.51. The van der Waals surface area contributed by atoms with Crippen molar-refractivity contribution in [2.24, 2.45) is 0 Å². The monoisotopic (exact) mass is 257 g/mol. The summed E-state index contributed by atoms with van der Waals surface area (Å²) >= 11 is 0. The number of nitrogens with zero attached hydrogens (tertiary/aromatic N) is 3. The molecular weight excluding hydrogens is 247 g/mol. The quantitative estimate of drug-likeness (QED) is 0.821. The van der Waals surface area contributed by atoms with Crippen LogP contribution in [0.2, 0.25) is 0 Å². The molecule has 1 aromatic heterocycles. The van der Waals surface area contributed by atoms with Crippen LogP contribution in [0, 0.1) is 17.5 Å². The van der Waals surface area contributed by atoms with Crippen LogP contribution in [-0.4, -0.2) is 21.3 Å². The van der Waals surface area contributed by atoms with Crippen molar-refractivity contribution in [1.82, 2.24) is 14.8 Å². The van der Waals surface area contributed by atoms with Gasteiger partial charge in [-0.15, -0.1) is 5.10 Å². The van der Waals surface area contributed by atoms with E-state index in [1.54, 1.807) is 0 Å². The molecule has 0 unspecified atom stereocenters. The zero-order chi connectivity index (χ0) is 13.3. The van der Waals surface area contributed by atoms with Crippen LogP contribution >= 0.6 is 0 Å². The predicted octanol–water partition coefficient (Wildman–Crippen LogP) is 1.70. The van der Waals surface area contributed by atoms with Crippen molar-refractivity contribution in [2.75, 3.05) is 17.6 Å². The van der Waals surface area contributed by atoms with E-state index in [9.17, 15) is 13.2 Å². The molecule has 0 saturated carbocycles. The lowest BCUT2D eigenvalue weighted by atomic mass is 10.3. The predicted molar refractivity (Wildman–Crippen MR) is 59.8 cm³/mol. The molecule has 0 spiro atoms. The molecule has 1 heterocycles. The summed E-state index contributed by atoms with van der Waals surface area (Å²) < 4.78 is 40.3. The normalized spacial score (nSPS) is 10.7. The fraction of sp³-hybridized carbons (Fsp3) is 0.200. The SMILES string of the molecule is CCNc1nc(N)n(-c2cc(F)c(F)cc2F)n1. The zero-order valence-electron chi connectivity index (χ0n) is 9.41. The number of anilines is 2. The highest BCUT2D eigenvalue weighted by molar-refractivity contribution is 5.43. The Labute approximate surface area is 100 Å². The molecule has 0 aliphatic rings. The highest BCUT2D eigenvalue weighted by Crippen LogP contribution is 2.20. The number of rotatable bonds is 3. The second-order valence-corrected chi connectivity index (χ2v) is 3.45. The molecule has 5 nitrogen and oxygen atoms in total. The van der Waals surface area contributed by atoms with Gasteiger partial charge in [-0.1, -0.05) is 0 Å². The van der Waals surface area contributed by atoms with Gasteiger partial charge in [0.05, 0.1) is 0 Å². The second kappa shape index (κ2) is 4.55. The number of nitrogens with one attached hydrogen (secondary N) is 1. The van der Waals surface area contributed by atoms with Gasteiger partial charge < -0.3 is 11.1 Å². The first kappa shape index (κ1) is 12.2. The third-order valence-corrected chi connectivity index (χ3v) is 2.18. The van der Waals surface area contributed by atoms with E-state index in [2.05, 4.69) is 15.4 Å². The molecule has 18 heavy (non-hydrogen) atoms. The minimum absolute atomic E-state index is 0.129. The van der Waals surface area contributed by atoms with Gasteiger partial charge in [0.25, 0.3) is 0 Å². The first-order chi connectivity index (χ1) is 8.52. The highest BCUT2D eigenvalue weighted by Gasteiger charge is 2.15. The first-order valence-electron chi connectivity index (χ1n) is 5.14. The molecule has 1 aromatic carbocycles. The minimum atomic E-state index is -1.28. The van der Waals surface area contributed by atoms with Gasteiger partial charge in [0.1, 0.15) is 5.69 Å². The summed E-state index contributed by atoms with van der Waals surface area (Å²) in [6, 6.07) is 1.10. The molecule has 96 valence electrons. The number of halogens is 3. The lowest BCUT2D eigenvalue weighted by Crippen LogP contribution is -2.06. The Morgan fingerprint density at radius 1 is 1.22 bits per heavy atom. The van der Waals surface area contributed by atoms with Crippen LogP contribution in [0.15, 0.2) is 12.1 Å². The van der Waals surface area contributed by atoms with Crippen molar-refractivity contribution in [3.05, 3.63) is 29.6 Å². The minimum Gasteiger partial charge on any atom is -0.368 e. The molecule has 0 aliphatic carbocycles. The molecule has 0 amide bonds. The maximum Gasteiger partial charge on any atom is 0.244 e. The van der Waals surface area contributed by atoms with Crippen molar-refractivity contribution in [3.63, 3.8) is 0 Å². The van der Waals surface area contributed by atoms with Crippen molar-refractivity contribution < 1.29 is 13.2 Å². The van der Waals surface area contributed by atoms with Crippen LogP contribution in [-0.2, 0) is 0 Å². The Hall–Kier alpha value is -2.25. The Kier molecular flexibility index (Phi) is 3.09. The summed E-state index contributed by atoms with van der Waals surface area (Å²) in [6.45, 7) is 2.36. The summed E-state index contributed by atoms with van der Waals surface area (Å²) in [6.07, 6.45) is 0. The standard InChI is InChI=1S/C10H10F3N5/c1-2-15-10-16-9(14)18(17-10)8-4-6(12)5(11)3-7(8)13/h3-4H,2H2,1H3,(H3,14,15,16,17). The van der Waals surface area contributed by atoms with E-state index in [-0.39, 0.29) is 17.6 Å². The number of aromatic nitrogens is 3. The Bertz CT molecular complexity index is 581. The number of hydrogen-bond acceptors (Lipinski definition) is 4. The second-order valence-electron chi connectivity index (χ2n) is 3.45. The van der Waals surface area contributed by atoms with E-state index in [0.29, 0.717) is 18.7 Å². The maximum atomic E-state index is 13.5. The highest BCUT2D eigenvalue weighted by atomic mass is 19.2. The fourth-order valence-corrected chi connectivity index (χ4v) is 1.41. The average Bonchev–Trinajstić information content (AvgIpc) is 2.65. The van der Waals surface area contributed by atoms with E-state index >= 15 is 0 Å². The third kappa shape index (κ3) is 2.08. The third-order valence-electron chi connectivity index (χ3n) is 2.18. The van der Waals surface area contributed by atoms with E-state index in [1.165, 1.54) is 0 Å². The van der Waals surface area contributed by atoms with Gasteiger partial charge in [0.15, 0.2) is 17.5 Å². The van der Waals surface area contributed by atoms with Crippen molar-refractivity contribution in [3.8, 4) is 5.69 Å². The van der Waals surface area contributed by atoms with Crippen molar-refractivity contribution in [1.29, 1.82) is 0 Å². The number of benzene rings is 1. The van der Waals surface area contributed by atoms with Crippen LogP contribution in [0.1, 0.15) is 6.92 Å². The van der Waals surface area contributed by atoms with Gasteiger partial charge in [-0.3, -0.25) is 0 Å². The summed E-state index contributed by atoms with van der Waals surface area (Å²) in [5.41, 5.74) is 5.22. The molecule has 0 saturated heterocycles. The van der Waals surface area contributed by atoms with Gasteiger partial charge in [-0.2, -0.15) is 9.67 Å². The van der Waals surface area contributed by atoms with Crippen LogP contribution in [0.5, 0.6) is 0 Å². The molecule has 0 fully saturated rings. The van der Waals surface area contributed by atoms with Gasteiger partial charge >= 0.3 is 0 Å². The molecule has 2 rings (SSSR count). The fourth-order valence-electron chi connectivity index (χ4n) is 1.41. The molecule has 0 radical (unpaired) electrons. The molecule has 8 heteroatoms. The average molecular weight is 257 g/mol. The van der Waals surface area contributed by atoms with Crippen LogP contribution in [0.25, 0.3) is 5.69 Å². The first-order valence-corrected chi connectivity index (χ1v) is 5.14. The summed E-state index contributed by atoms with van der Waals surface area (Å²) in [7, 11) is 0. The summed E-state index contributed by atoms with van der Waals surface area (Å²) in [4.78, 5) is 3.81. The Morgan fingerprint density at radius 3 is 2.56 bits per heavy atom. The topological polar surface area (TPSA) is 68.8 Å².